The molecule has 0 radical (unpaired) electrons. The van der Waals surface area contributed by atoms with Crippen molar-refractivity contribution in [2.75, 3.05) is 0 Å². The molecule has 0 aliphatic heterocycles. The topological polar surface area (TPSA) is 63.6 Å². The van der Waals surface area contributed by atoms with Gasteiger partial charge in [0.1, 0.15) is 5.82 Å². The Morgan fingerprint density at radius 3 is 2.59 bits per heavy atom. The van der Waals surface area contributed by atoms with E-state index < -0.39 is 23.2 Å². The molecule has 9 heteroatoms. The van der Waals surface area contributed by atoms with Crippen LogP contribution < -0.4 is 5.69 Å². The summed E-state index contributed by atoms with van der Waals surface area (Å²) in [6.07, 6.45) is -0.157. The van der Waals surface area contributed by atoms with Crippen molar-refractivity contribution < 1.29 is 17.6 Å². The minimum atomic E-state index is -4.81. The lowest BCUT2D eigenvalue weighted by Crippen LogP contribution is -2.17. The number of rotatable bonds is 3. The summed E-state index contributed by atoms with van der Waals surface area (Å²) >= 11 is 0. The number of benzene rings is 1. The summed E-state index contributed by atoms with van der Waals surface area (Å²) in [5.74, 6) is -1.35. The summed E-state index contributed by atoms with van der Waals surface area (Å²) in [4.78, 5) is 23.2. The summed E-state index contributed by atoms with van der Waals surface area (Å²) in [6, 6.07) is 6.18. The molecule has 29 heavy (non-hydrogen) atoms. The van der Waals surface area contributed by atoms with Crippen LogP contribution in [0.2, 0.25) is 0 Å². The van der Waals surface area contributed by atoms with Gasteiger partial charge in [0.2, 0.25) is 0 Å². The lowest BCUT2D eigenvalue weighted by molar-refractivity contribution is -0.139. The highest BCUT2D eigenvalue weighted by molar-refractivity contribution is 5.78. The van der Waals surface area contributed by atoms with Gasteiger partial charge in [-0.15, -0.1) is 0 Å². The standard InChI is InChI=1S/C20H14F4N4O/c1-11-4-12(8-25-7-11)10-28-17-6-14(9-26-18(17)27-19(28)29)13-2-3-16(21)15(5-13)20(22,23)24/h2-9H,10H2,1H3,(H,26,27,29). The van der Waals surface area contributed by atoms with Gasteiger partial charge in [0, 0.05) is 24.2 Å². The largest absolute Gasteiger partial charge is 0.419 e. The van der Waals surface area contributed by atoms with Crippen LogP contribution in [0.4, 0.5) is 17.6 Å². The molecule has 0 atom stereocenters. The number of fused-ring (bicyclic) bond motifs is 1. The highest BCUT2D eigenvalue weighted by Crippen LogP contribution is 2.34. The van der Waals surface area contributed by atoms with E-state index in [1.165, 1.54) is 16.8 Å². The zero-order chi connectivity index (χ0) is 20.8. The maximum atomic E-state index is 13.6. The van der Waals surface area contributed by atoms with E-state index in [-0.39, 0.29) is 12.1 Å². The molecule has 0 aliphatic rings. The molecule has 0 bridgehead atoms. The third kappa shape index (κ3) is 3.63. The van der Waals surface area contributed by atoms with Crippen LogP contribution in [0.5, 0.6) is 0 Å². The Morgan fingerprint density at radius 1 is 1.07 bits per heavy atom. The smallest absolute Gasteiger partial charge is 0.290 e. The Labute approximate surface area is 161 Å². The van der Waals surface area contributed by atoms with Gasteiger partial charge >= 0.3 is 11.9 Å². The first kappa shape index (κ1) is 18.9. The lowest BCUT2D eigenvalue weighted by atomic mass is 10.0. The summed E-state index contributed by atoms with van der Waals surface area (Å²) < 4.78 is 54.1. The van der Waals surface area contributed by atoms with Crippen molar-refractivity contribution >= 4 is 11.2 Å². The molecule has 0 fully saturated rings. The first-order valence-corrected chi connectivity index (χ1v) is 8.58. The average molecular weight is 402 g/mol. The minimum absolute atomic E-state index is 0.144. The van der Waals surface area contributed by atoms with E-state index in [9.17, 15) is 22.4 Å². The number of halogens is 4. The van der Waals surface area contributed by atoms with Crippen LogP contribution in [0.3, 0.4) is 0 Å². The Hall–Kier alpha value is -3.49. The van der Waals surface area contributed by atoms with E-state index in [1.54, 1.807) is 18.5 Å². The second-order valence-electron chi connectivity index (χ2n) is 6.67. The predicted molar refractivity (Wildman–Crippen MR) is 98.8 cm³/mol. The van der Waals surface area contributed by atoms with Gasteiger partial charge < -0.3 is 0 Å². The van der Waals surface area contributed by atoms with Crippen molar-refractivity contribution in [1.29, 1.82) is 0 Å². The third-order valence-electron chi connectivity index (χ3n) is 4.51. The second kappa shape index (κ2) is 6.84. The molecule has 0 spiro atoms. The number of hydrogen-bond acceptors (Lipinski definition) is 3. The molecular formula is C20H14F4N4O. The number of hydrogen-bond donors (Lipinski definition) is 1. The number of aromatic amines is 1. The molecule has 4 rings (SSSR count). The fraction of sp³-hybridized carbons (Fsp3) is 0.150. The zero-order valence-electron chi connectivity index (χ0n) is 15.1. The molecule has 5 nitrogen and oxygen atoms in total. The van der Waals surface area contributed by atoms with Crippen LogP contribution in [0.15, 0.2) is 53.7 Å². The fourth-order valence-electron chi connectivity index (χ4n) is 3.16. The summed E-state index contributed by atoms with van der Waals surface area (Å²) in [5.41, 5.74) is 1.17. The number of nitrogens with one attached hydrogen (secondary N) is 1. The molecular weight excluding hydrogens is 388 g/mol. The van der Waals surface area contributed by atoms with Gasteiger partial charge in [0.15, 0.2) is 5.65 Å². The number of alkyl halides is 3. The first-order valence-electron chi connectivity index (χ1n) is 8.58. The van der Waals surface area contributed by atoms with E-state index in [1.807, 2.05) is 13.0 Å². The Balaban J connectivity index is 1.82. The molecule has 0 unspecified atom stereocenters. The van der Waals surface area contributed by atoms with E-state index in [0.29, 0.717) is 16.7 Å². The molecule has 4 aromatic rings. The van der Waals surface area contributed by atoms with E-state index in [4.69, 9.17) is 0 Å². The van der Waals surface area contributed by atoms with Crippen molar-refractivity contribution in [3.05, 3.63) is 81.9 Å². The van der Waals surface area contributed by atoms with Crippen LogP contribution in [0, 0.1) is 12.7 Å². The van der Waals surface area contributed by atoms with Crippen molar-refractivity contribution in [2.24, 2.45) is 0 Å². The fourth-order valence-corrected chi connectivity index (χ4v) is 3.16. The number of nitrogens with zero attached hydrogens (tertiary/aromatic N) is 3. The van der Waals surface area contributed by atoms with Crippen LogP contribution in [-0.2, 0) is 12.7 Å². The summed E-state index contributed by atoms with van der Waals surface area (Å²) in [6.45, 7) is 2.09. The predicted octanol–water partition coefficient (Wildman–Crippen LogP) is 4.30. The van der Waals surface area contributed by atoms with E-state index >= 15 is 0 Å². The summed E-state index contributed by atoms with van der Waals surface area (Å²) in [7, 11) is 0. The monoisotopic (exact) mass is 402 g/mol. The number of H-pyrrole nitrogens is 1. The maximum Gasteiger partial charge on any atom is 0.419 e. The van der Waals surface area contributed by atoms with Gasteiger partial charge in [-0.2, -0.15) is 13.2 Å². The average Bonchev–Trinajstić information content (AvgIpc) is 2.96. The van der Waals surface area contributed by atoms with Gasteiger partial charge in [0.25, 0.3) is 0 Å². The quantitative estimate of drug-likeness (QED) is 0.520. The zero-order valence-corrected chi connectivity index (χ0v) is 15.1. The van der Waals surface area contributed by atoms with Gasteiger partial charge in [-0.25, -0.2) is 14.2 Å². The lowest BCUT2D eigenvalue weighted by Gasteiger charge is -2.10. The number of aromatic nitrogens is 4. The number of pyridine rings is 2. The number of aryl methyl sites for hydroxylation is 1. The molecule has 0 saturated carbocycles. The van der Waals surface area contributed by atoms with E-state index in [0.717, 1.165) is 23.3 Å². The maximum absolute atomic E-state index is 13.6. The van der Waals surface area contributed by atoms with E-state index in [2.05, 4.69) is 15.0 Å². The van der Waals surface area contributed by atoms with Crippen molar-refractivity contribution in [1.82, 2.24) is 19.5 Å². The van der Waals surface area contributed by atoms with Gasteiger partial charge in [0.05, 0.1) is 17.6 Å². The molecule has 0 amide bonds. The summed E-state index contributed by atoms with van der Waals surface area (Å²) in [5, 5.41) is 0. The highest BCUT2D eigenvalue weighted by atomic mass is 19.4. The van der Waals surface area contributed by atoms with Crippen LogP contribution in [-0.4, -0.2) is 19.5 Å². The van der Waals surface area contributed by atoms with Crippen LogP contribution in [0.25, 0.3) is 22.3 Å². The van der Waals surface area contributed by atoms with Crippen LogP contribution >= 0.6 is 0 Å². The highest BCUT2D eigenvalue weighted by Gasteiger charge is 2.34. The Bertz CT molecular complexity index is 1270. The molecule has 3 aromatic heterocycles. The molecule has 3 heterocycles. The van der Waals surface area contributed by atoms with Gasteiger partial charge in [-0.05, 0) is 41.8 Å². The van der Waals surface area contributed by atoms with Crippen molar-refractivity contribution in [3.8, 4) is 11.1 Å². The second-order valence-corrected chi connectivity index (χ2v) is 6.67. The third-order valence-corrected chi connectivity index (χ3v) is 4.51. The Kier molecular flexibility index (Phi) is 4.45. The van der Waals surface area contributed by atoms with Gasteiger partial charge in [-0.3, -0.25) is 14.5 Å². The van der Waals surface area contributed by atoms with Crippen molar-refractivity contribution in [3.63, 3.8) is 0 Å². The number of imidazole rings is 1. The SMILES string of the molecule is Cc1cncc(Cn2c(=O)[nH]c3ncc(-c4ccc(F)c(C(F)(F)F)c4)cc32)c1. The van der Waals surface area contributed by atoms with Gasteiger partial charge in [-0.1, -0.05) is 12.1 Å². The minimum Gasteiger partial charge on any atom is -0.290 e. The molecule has 0 aliphatic carbocycles. The van der Waals surface area contributed by atoms with Crippen molar-refractivity contribution in [2.45, 2.75) is 19.6 Å². The normalized spacial score (nSPS) is 11.9. The van der Waals surface area contributed by atoms with Crippen LogP contribution in [0.1, 0.15) is 16.7 Å². The molecule has 0 saturated heterocycles. The molecule has 1 aromatic carbocycles. The Morgan fingerprint density at radius 2 is 1.86 bits per heavy atom. The molecule has 1 N–H and O–H groups in total. The first-order chi connectivity index (χ1) is 13.7. The molecule has 148 valence electrons.